The molecule has 10 heteroatoms. The van der Waals surface area contributed by atoms with E-state index in [9.17, 15) is 0 Å². The molecule has 1 rings (SSSR count). The first-order chi connectivity index (χ1) is 9.00. The van der Waals surface area contributed by atoms with E-state index in [2.05, 4.69) is 0 Å². The van der Waals surface area contributed by atoms with Gasteiger partial charge in [0.15, 0.2) is 0 Å². The van der Waals surface area contributed by atoms with Crippen LogP contribution in [0.25, 0.3) is 0 Å². The van der Waals surface area contributed by atoms with E-state index in [4.69, 9.17) is 44.1 Å². The lowest BCUT2D eigenvalue weighted by atomic mass is 10.4. The summed E-state index contributed by atoms with van der Waals surface area (Å²) in [6.07, 6.45) is 0. The van der Waals surface area contributed by atoms with Gasteiger partial charge in [-0.2, -0.15) is 0 Å². The van der Waals surface area contributed by atoms with Crippen LogP contribution in [0.3, 0.4) is 0 Å². The molecule has 0 aromatic heterocycles. The summed E-state index contributed by atoms with van der Waals surface area (Å²) in [7, 11) is 0. The monoisotopic (exact) mass is 410 g/mol. The third-order valence-electron chi connectivity index (χ3n) is 1.89. The number of thioether (sulfide) groups is 1. The van der Waals surface area contributed by atoms with Gasteiger partial charge in [0.1, 0.15) is 0 Å². The third-order valence-corrected chi connectivity index (χ3v) is 9.69. The van der Waals surface area contributed by atoms with Gasteiger partial charge in [0.05, 0.1) is 23.3 Å². The van der Waals surface area contributed by atoms with Crippen molar-refractivity contribution in [1.29, 1.82) is 0 Å². The van der Waals surface area contributed by atoms with Crippen LogP contribution >= 0.6 is 52.0 Å². The average molecular weight is 411 g/mol. The van der Waals surface area contributed by atoms with Gasteiger partial charge in [-0.15, -0.1) is 11.8 Å². The Morgan fingerprint density at radius 2 is 1.71 bits per heavy atom. The Bertz CT molecular complexity index is 459. The quantitative estimate of drug-likeness (QED) is 0.291. The summed E-state index contributed by atoms with van der Waals surface area (Å²) in [4.78, 5) is 0.941. The molecule has 0 unspecified atom stereocenters. The summed E-state index contributed by atoms with van der Waals surface area (Å²) < 4.78 is 11.1. The average Bonchev–Trinajstić information content (AvgIpc) is 2.34. The molecule has 0 aliphatic rings. The molecule has 4 nitrogen and oxygen atoms in total. The molecular formula is C11H21Cl2N2O2PS3. The van der Waals surface area contributed by atoms with E-state index in [0.717, 1.165) is 9.98 Å². The van der Waals surface area contributed by atoms with E-state index < -0.39 is 5.69 Å². The summed E-state index contributed by atoms with van der Waals surface area (Å²) in [6.45, 7) is 4.96. The Morgan fingerprint density at radius 1 is 1.14 bits per heavy atom. The van der Waals surface area contributed by atoms with E-state index in [1.54, 1.807) is 23.9 Å². The standard InChI is InChI=1S/C11H15Cl2O2PS3.2H3N/c1-3-14-16(17,15-4-2)19-8-18-11-7-9(12)5-6-10(11)13;;/h5-7H,3-4,8H2,1-2H3;2*1H3. The predicted molar refractivity (Wildman–Crippen MR) is 102 cm³/mol. The molecule has 0 aliphatic heterocycles. The van der Waals surface area contributed by atoms with Crippen LogP contribution in [-0.4, -0.2) is 18.3 Å². The van der Waals surface area contributed by atoms with Gasteiger partial charge < -0.3 is 21.3 Å². The maximum atomic E-state index is 6.10. The van der Waals surface area contributed by atoms with Crippen molar-refractivity contribution in [1.82, 2.24) is 12.3 Å². The van der Waals surface area contributed by atoms with Crippen LogP contribution in [0.2, 0.25) is 10.0 Å². The molecule has 0 spiro atoms. The Morgan fingerprint density at radius 3 is 2.24 bits per heavy atom. The maximum absolute atomic E-state index is 6.10. The van der Waals surface area contributed by atoms with E-state index in [-0.39, 0.29) is 12.3 Å². The van der Waals surface area contributed by atoms with Crippen LogP contribution in [0.5, 0.6) is 0 Å². The zero-order chi connectivity index (χ0) is 14.3. The van der Waals surface area contributed by atoms with Crippen molar-refractivity contribution in [3.8, 4) is 0 Å². The molecule has 0 aliphatic carbocycles. The Hall–Kier alpha value is 0.990. The zero-order valence-corrected chi connectivity index (χ0v) is 16.9. The Balaban J connectivity index is 0. The molecule has 0 bridgehead atoms. The van der Waals surface area contributed by atoms with E-state index in [1.165, 1.54) is 11.4 Å². The lowest BCUT2D eigenvalue weighted by Gasteiger charge is -2.19. The molecule has 0 atom stereocenters. The molecule has 124 valence electrons. The SMILES string of the molecule is CCOP(=S)(OCC)SCSc1cc(Cl)ccc1Cl.N.N. The fourth-order valence-corrected chi connectivity index (χ4v) is 8.71. The van der Waals surface area contributed by atoms with Crippen molar-refractivity contribution >= 4 is 63.8 Å². The first-order valence-corrected chi connectivity index (χ1v) is 11.6. The lowest BCUT2D eigenvalue weighted by molar-refractivity contribution is 0.280. The molecule has 0 radical (unpaired) electrons. The van der Waals surface area contributed by atoms with Crippen molar-refractivity contribution in [2.24, 2.45) is 0 Å². The second-order valence-corrected chi connectivity index (χ2v) is 11.8. The highest BCUT2D eigenvalue weighted by atomic mass is 35.5. The van der Waals surface area contributed by atoms with Gasteiger partial charge in [-0.25, -0.2) is 0 Å². The van der Waals surface area contributed by atoms with Gasteiger partial charge in [-0.1, -0.05) is 34.6 Å². The van der Waals surface area contributed by atoms with Crippen LogP contribution in [0.1, 0.15) is 13.8 Å². The van der Waals surface area contributed by atoms with Crippen LogP contribution in [0, 0.1) is 0 Å². The minimum atomic E-state index is -2.23. The van der Waals surface area contributed by atoms with Crippen LogP contribution < -0.4 is 12.3 Å². The normalized spacial score (nSPS) is 10.7. The van der Waals surface area contributed by atoms with Gasteiger partial charge in [0.2, 0.25) is 5.69 Å². The fraction of sp³-hybridized carbons (Fsp3) is 0.455. The van der Waals surface area contributed by atoms with Crippen molar-refractivity contribution in [3.63, 3.8) is 0 Å². The lowest BCUT2D eigenvalue weighted by Crippen LogP contribution is -1.92. The summed E-state index contributed by atoms with van der Waals surface area (Å²) >= 11 is 20.6. The Kier molecular flexibility index (Phi) is 14.3. The maximum Gasteiger partial charge on any atom is 0.248 e. The van der Waals surface area contributed by atoms with Crippen LogP contribution in [0.15, 0.2) is 23.1 Å². The highest BCUT2D eigenvalue weighted by Crippen LogP contribution is 2.62. The summed E-state index contributed by atoms with van der Waals surface area (Å²) in [5.41, 5.74) is -2.23. The van der Waals surface area contributed by atoms with E-state index in [1.807, 2.05) is 19.9 Å². The van der Waals surface area contributed by atoms with Crippen molar-refractivity contribution in [2.45, 2.75) is 18.7 Å². The van der Waals surface area contributed by atoms with Crippen molar-refractivity contribution in [2.75, 3.05) is 18.3 Å². The molecule has 0 saturated heterocycles. The molecule has 6 N–H and O–H groups in total. The fourth-order valence-electron chi connectivity index (χ4n) is 1.17. The second kappa shape index (κ2) is 12.4. The smallest absolute Gasteiger partial charge is 0.248 e. The molecule has 21 heavy (non-hydrogen) atoms. The summed E-state index contributed by atoms with van der Waals surface area (Å²) in [6, 6.07) is 5.41. The number of benzene rings is 1. The zero-order valence-electron chi connectivity index (χ0n) is 12.0. The first kappa shape index (κ1) is 24.2. The molecular weight excluding hydrogens is 390 g/mol. The molecule has 1 aromatic carbocycles. The van der Waals surface area contributed by atoms with Crippen molar-refractivity contribution in [3.05, 3.63) is 28.2 Å². The van der Waals surface area contributed by atoms with Crippen LogP contribution in [-0.2, 0) is 20.9 Å². The topological polar surface area (TPSA) is 88.5 Å². The van der Waals surface area contributed by atoms with Gasteiger partial charge in [-0.3, -0.25) is 0 Å². The first-order valence-electron chi connectivity index (χ1n) is 5.62. The number of hydrogen-bond acceptors (Lipinski definition) is 7. The minimum absolute atomic E-state index is 0. The minimum Gasteiger partial charge on any atom is -0.344 e. The number of rotatable bonds is 8. The van der Waals surface area contributed by atoms with Gasteiger partial charge in [0, 0.05) is 9.92 Å². The molecule has 0 amide bonds. The largest absolute Gasteiger partial charge is 0.344 e. The van der Waals surface area contributed by atoms with E-state index >= 15 is 0 Å². The second-order valence-electron chi connectivity index (χ2n) is 3.25. The predicted octanol–water partition coefficient (Wildman–Crippen LogP) is 6.40. The van der Waals surface area contributed by atoms with Crippen LogP contribution in [0.4, 0.5) is 0 Å². The van der Waals surface area contributed by atoms with Gasteiger partial charge in [0.25, 0.3) is 0 Å². The molecule has 0 heterocycles. The third kappa shape index (κ3) is 9.01. The van der Waals surface area contributed by atoms with Crippen molar-refractivity contribution < 1.29 is 9.05 Å². The highest BCUT2D eigenvalue weighted by molar-refractivity contribution is 8.69. The molecule has 1 aromatic rings. The van der Waals surface area contributed by atoms with E-state index in [0.29, 0.717) is 23.3 Å². The summed E-state index contributed by atoms with van der Waals surface area (Å²) in [5, 5.41) is 2.08. The van der Waals surface area contributed by atoms with Gasteiger partial charge >= 0.3 is 0 Å². The molecule has 0 saturated carbocycles. The molecule has 0 fully saturated rings. The van der Waals surface area contributed by atoms with Gasteiger partial charge in [-0.05, 0) is 43.9 Å². The summed E-state index contributed by atoms with van der Waals surface area (Å²) in [5.74, 6) is 0. The Labute approximate surface area is 150 Å². The number of halogens is 2. The number of hydrogen-bond donors (Lipinski definition) is 2. The highest BCUT2D eigenvalue weighted by Gasteiger charge is 2.18.